The van der Waals surface area contributed by atoms with E-state index in [4.69, 9.17) is 11.6 Å². The van der Waals surface area contributed by atoms with Crippen molar-refractivity contribution in [3.05, 3.63) is 37.1 Å². The topological polar surface area (TPSA) is 106 Å². The highest BCUT2D eigenvalue weighted by Gasteiger charge is 2.45. The summed E-state index contributed by atoms with van der Waals surface area (Å²) in [5.41, 5.74) is 0.0453. The van der Waals surface area contributed by atoms with Crippen LogP contribution in [0.4, 0.5) is 10.8 Å². The summed E-state index contributed by atoms with van der Waals surface area (Å²) in [7, 11) is 0. The number of carbonyl (C=O) groups is 1. The summed E-state index contributed by atoms with van der Waals surface area (Å²) in [5, 5.41) is 12.3. The van der Waals surface area contributed by atoms with E-state index in [1.54, 1.807) is 6.92 Å². The van der Waals surface area contributed by atoms with Gasteiger partial charge in [-0.15, -0.1) is 0 Å². The van der Waals surface area contributed by atoms with Gasteiger partial charge in [0, 0.05) is 30.8 Å². The molecule has 8 nitrogen and oxygen atoms in total. The Morgan fingerprint density at radius 1 is 1.29 bits per heavy atom. The molecule has 146 valence electrons. The number of aliphatic imine (C=N–C) groups is 1. The number of halogens is 1. The zero-order valence-electron chi connectivity index (χ0n) is 15.3. The Balaban J connectivity index is 1.72. The molecule has 2 aliphatic heterocycles. The number of piperidine rings is 1. The molecule has 1 aromatic heterocycles. The van der Waals surface area contributed by atoms with Crippen LogP contribution >= 0.6 is 22.9 Å². The van der Waals surface area contributed by atoms with Crippen molar-refractivity contribution >= 4 is 55.5 Å². The van der Waals surface area contributed by atoms with Gasteiger partial charge in [0.05, 0.1) is 20.7 Å². The molecule has 0 aliphatic carbocycles. The van der Waals surface area contributed by atoms with Crippen molar-refractivity contribution < 1.29 is 9.72 Å². The number of anilines is 1. The first-order valence-corrected chi connectivity index (χ1v) is 10.0. The van der Waals surface area contributed by atoms with Crippen LogP contribution in [-0.4, -0.2) is 34.6 Å². The number of hydrogen-bond donors (Lipinski definition) is 0. The van der Waals surface area contributed by atoms with Crippen molar-refractivity contribution in [2.24, 2.45) is 10.4 Å². The van der Waals surface area contributed by atoms with Crippen LogP contribution in [0.15, 0.2) is 15.9 Å². The minimum absolute atomic E-state index is 0.0646. The van der Waals surface area contributed by atoms with E-state index >= 15 is 0 Å². The van der Waals surface area contributed by atoms with Crippen molar-refractivity contribution in [2.45, 2.75) is 33.1 Å². The van der Waals surface area contributed by atoms with Gasteiger partial charge in [-0.1, -0.05) is 22.9 Å². The predicted molar refractivity (Wildman–Crippen MR) is 109 cm³/mol. The molecule has 2 aromatic rings. The van der Waals surface area contributed by atoms with Crippen LogP contribution in [0.2, 0.25) is 5.02 Å². The molecule has 4 rings (SSSR count). The number of amides is 1. The zero-order chi connectivity index (χ0) is 20.2. The largest absolute Gasteiger partial charge is 0.348 e. The molecule has 1 spiro atoms. The van der Waals surface area contributed by atoms with Crippen molar-refractivity contribution in [3.63, 3.8) is 0 Å². The van der Waals surface area contributed by atoms with Gasteiger partial charge in [0.15, 0.2) is 5.13 Å². The molecule has 0 unspecified atom stereocenters. The number of nitro groups is 1. The minimum Gasteiger partial charge on any atom is -0.348 e. The lowest BCUT2D eigenvalue weighted by Crippen LogP contribution is -2.43. The molecule has 10 heteroatoms. The van der Waals surface area contributed by atoms with Crippen LogP contribution in [-0.2, 0) is 4.79 Å². The maximum atomic E-state index is 12.5. The third kappa shape index (κ3) is 2.89. The SMILES string of the molecule is CC1=NC(=O)C2(CCN(c3nc(=O)c4cc(Cl)c(C)c([N+](=O)[O-])c4s3)CC2)C1. The van der Waals surface area contributed by atoms with E-state index in [0.29, 0.717) is 43.0 Å². The second kappa shape index (κ2) is 6.59. The summed E-state index contributed by atoms with van der Waals surface area (Å²) in [4.78, 5) is 46.0. The van der Waals surface area contributed by atoms with Gasteiger partial charge in [-0.25, -0.2) is 4.99 Å². The molecule has 0 saturated carbocycles. The standard InChI is InChI=1S/C18H17ClN4O4S/c1-9-8-18(16(25)20-9)3-5-22(6-4-18)17-21-15(24)11-7-12(19)10(2)13(23(26)27)14(11)28-17/h7H,3-6,8H2,1-2H3. The lowest BCUT2D eigenvalue weighted by Gasteiger charge is -2.37. The van der Waals surface area contributed by atoms with Gasteiger partial charge in [0.25, 0.3) is 17.2 Å². The molecule has 0 bridgehead atoms. The van der Waals surface area contributed by atoms with E-state index < -0.39 is 15.9 Å². The summed E-state index contributed by atoms with van der Waals surface area (Å²) < 4.78 is 0.276. The van der Waals surface area contributed by atoms with Gasteiger partial charge in [-0.3, -0.25) is 19.7 Å². The Morgan fingerprint density at radius 3 is 2.54 bits per heavy atom. The summed E-state index contributed by atoms with van der Waals surface area (Å²) >= 11 is 7.19. The number of aromatic nitrogens is 1. The van der Waals surface area contributed by atoms with Gasteiger partial charge in [0.1, 0.15) is 4.70 Å². The van der Waals surface area contributed by atoms with Crippen LogP contribution in [0.25, 0.3) is 10.1 Å². The number of rotatable bonds is 2. The smallest absolute Gasteiger partial charge is 0.291 e. The Morgan fingerprint density at radius 2 is 1.96 bits per heavy atom. The molecule has 0 radical (unpaired) electrons. The van der Waals surface area contributed by atoms with Crippen molar-refractivity contribution in [1.29, 1.82) is 0 Å². The van der Waals surface area contributed by atoms with E-state index in [2.05, 4.69) is 9.98 Å². The maximum absolute atomic E-state index is 12.5. The molecule has 1 fully saturated rings. The number of hydrogen-bond acceptors (Lipinski definition) is 7. The highest BCUT2D eigenvalue weighted by molar-refractivity contribution is 7.22. The average molecular weight is 421 g/mol. The van der Waals surface area contributed by atoms with Crippen molar-refractivity contribution in [3.8, 4) is 0 Å². The Hall–Kier alpha value is -2.39. The first kappa shape index (κ1) is 18.9. The van der Waals surface area contributed by atoms with Crippen molar-refractivity contribution in [1.82, 2.24) is 4.98 Å². The molecule has 1 amide bonds. The second-order valence-corrected chi connectivity index (χ2v) is 8.75. The fraction of sp³-hybridized carbons (Fsp3) is 0.444. The van der Waals surface area contributed by atoms with E-state index in [9.17, 15) is 19.7 Å². The molecule has 2 aliphatic rings. The van der Waals surface area contributed by atoms with Crippen LogP contribution < -0.4 is 10.5 Å². The summed E-state index contributed by atoms with van der Waals surface area (Å²) in [6, 6.07) is 1.44. The predicted octanol–water partition coefficient (Wildman–Crippen LogP) is 3.50. The summed E-state index contributed by atoms with van der Waals surface area (Å²) in [5.74, 6) is -0.0646. The highest BCUT2D eigenvalue weighted by atomic mass is 35.5. The van der Waals surface area contributed by atoms with Gasteiger partial charge in [0.2, 0.25) is 0 Å². The fourth-order valence-corrected chi connectivity index (χ4v) is 5.41. The van der Waals surface area contributed by atoms with Gasteiger partial charge >= 0.3 is 0 Å². The molecular weight excluding hydrogens is 404 g/mol. The molecule has 28 heavy (non-hydrogen) atoms. The van der Waals surface area contributed by atoms with E-state index in [1.807, 2.05) is 11.8 Å². The molecule has 0 atom stereocenters. The fourth-order valence-electron chi connectivity index (χ4n) is 4.00. The molecule has 1 saturated heterocycles. The Bertz CT molecular complexity index is 1120. The molecule has 1 aromatic carbocycles. The van der Waals surface area contributed by atoms with Gasteiger partial charge in [-0.05, 0) is 32.8 Å². The number of nitrogens with zero attached hydrogens (tertiary/aromatic N) is 4. The second-order valence-electron chi connectivity index (χ2n) is 7.36. The van der Waals surface area contributed by atoms with E-state index in [1.165, 1.54) is 6.07 Å². The number of nitro benzene ring substituents is 1. The first-order chi connectivity index (χ1) is 13.2. The maximum Gasteiger partial charge on any atom is 0.291 e. The average Bonchev–Trinajstić information content (AvgIpc) is 2.90. The molecule has 3 heterocycles. The third-order valence-electron chi connectivity index (χ3n) is 5.58. The monoisotopic (exact) mass is 420 g/mol. The normalized spacial score (nSPS) is 18.8. The van der Waals surface area contributed by atoms with Crippen LogP contribution in [0, 0.1) is 22.5 Å². The molecule has 0 N–H and O–H groups in total. The Kier molecular flexibility index (Phi) is 4.46. The number of benzene rings is 1. The summed E-state index contributed by atoms with van der Waals surface area (Å²) in [6.45, 7) is 4.52. The van der Waals surface area contributed by atoms with Crippen molar-refractivity contribution in [2.75, 3.05) is 18.0 Å². The minimum atomic E-state index is -0.537. The summed E-state index contributed by atoms with van der Waals surface area (Å²) in [6.07, 6.45) is 1.91. The number of carbonyl (C=O) groups excluding carboxylic acids is 1. The van der Waals surface area contributed by atoms with Gasteiger partial charge < -0.3 is 4.90 Å². The Labute approximate surface area is 169 Å². The van der Waals surface area contributed by atoms with Crippen LogP contribution in [0.3, 0.4) is 0 Å². The van der Waals surface area contributed by atoms with Crippen LogP contribution in [0.5, 0.6) is 0 Å². The van der Waals surface area contributed by atoms with E-state index in [-0.39, 0.29) is 26.7 Å². The number of fused-ring (bicyclic) bond motifs is 1. The van der Waals surface area contributed by atoms with Crippen LogP contribution in [0.1, 0.15) is 31.7 Å². The zero-order valence-corrected chi connectivity index (χ0v) is 16.9. The molecular formula is C18H17ClN4O4S. The quantitative estimate of drug-likeness (QED) is 0.543. The lowest BCUT2D eigenvalue weighted by molar-refractivity contribution is -0.383. The highest BCUT2D eigenvalue weighted by Crippen LogP contribution is 2.43. The van der Waals surface area contributed by atoms with Gasteiger partial charge in [-0.2, -0.15) is 4.98 Å². The third-order valence-corrected chi connectivity index (χ3v) is 7.12. The van der Waals surface area contributed by atoms with E-state index in [0.717, 1.165) is 17.0 Å². The lowest BCUT2D eigenvalue weighted by atomic mass is 9.76. The first-order valence-electron chi connectivity index (χ1n) is 8.84.